The normalized spacial score (nSPS) is 19.8. The zero-order valence-electron chi connectivity index (χ0n) is 10.6. The van der Waals surface area contributed by atoms with Crippen LogP contribution in [-0.4, -0.2) is 25.0 Å². The molecule has 0 aliphatic carbocycles. The molecule has 0 spiro atoms. The molecule has 2 rings (SSSR count). The molecule has 1 heterocycles. The van der Waals surface area contributed by atoms with Gasteiger partial charge < -0.3 is 5.32 Å². The van der Waals surface area contributed by atoms with Crippen molar-refractivity contribution < 1.29 is 31.1 Å². The zero-order chi connectivity index (χ0) is 15.8. The maximum absolute atomic E-state index is 12.6. The Morgan fingerprint density at radius 2 is 1.81 bits per heavy atom. The zero-order valence-corrected chi connectivity index (χ0v) is 10.6. The van der Waals surface area contributed by atoms with Crippen LogP contribution in [-0.2, 0) is 17.4 Å². The number of nitrogens with one attached hydrogen (secondary N) is 1. The summed E-state index contributed by atoms with van der Waals surface area (Å²) in [5, 5.41) is 2.65. The molecule has 116 valence electrons. The molecule has 0 radical (unpaired) electrons. The summed E-state index contributed by atoms with van der Waals surface area (Å²) in [5.41, 5.74) is -0.797. The molecule has 0 bridgehead atoms. The molecule has 1 aromatic carbocycles. The van der Waals surface area contributed by atoms with E-state index in [1.165, 1.54) is 0 Å². The maximum atomic E-state index is 12.6. The number of carbonyl (C=O) groups is 1. The Kier molecular flexibility index (Phi) is 4.01. The lowest BCUT2D eigenvalue weighted by atomic mass is 9.89. The van der Waals surface area contributed by atoms with E-state index in [9.17, 15) is 31.1 Å². The quantitative estimate of drug-likeness (QED) is 0.808. The topological polar surface area (TPSA) is 29.1 Å². The van der Waals surface area contributed by atoms with Crippen molar-refractivity contribution in [3.63, 3.8) is 0 Å². The molecule has 0 saturated carbocycles. The molecule has 0 saturated heterocycles. The Morgan fingerprint density at radius 3 is 2.38 bits per heavy atom. The summed E-state index contributed by atoms with van der Waals surface area (Å²) < 4.78 is 75.6. The predicted octanol–water partition coefficient (Wildman–Crippen LogP) is 3.07. The van der Waals surface area contributed by atoms with E-state index in [0.717, 1.165) is 12.1 Å². The van der Waals surface area contributed by atoms with Gasteiger partial charge >= 0.3 is 12.4 Å². The number of rotatable bonds is 1. The Bertz CT molecular complexity index is 549. The van der Waals surface area contributed by atoms with E-state index in [0.29, 0.717) is 6.07 Å². The number of halogens is 6. The molecule has 0 amide bonds. The standard InChI is InChI=1S/C13H11F6NO/c14-12(15,16)8-1-2-9-7(5-8)3-4-20-6-10(9)11(21)13(17,18)19/h1-2,5,10,20H,3-4,6H2. The molecular formula is C13H11F6NO. The van der Waals surface area contributed by atoms with E-state index in [2.05, 4.69) is 5.32 Å². The first-order valence-electron chi connectivity index (χ1n) is 6.12. The number of benzene rings is 1. The molecule has 21 heavy (non-hydrogen) atoms. The first kappa shape index (κ1) is 15.8. The van der Waals surface area contributed by atoms with Crippen molar-refractivity contribution in [2.75, 3.05) is 13.1 Å². The van der Waals surface area contributed by atoms with E-state index < -0.39 is 29.6 Å². The molecular weight excluding hydrogens is 300 g/mol. The molecule has 0 aromatic heterocycles. The number of ketones is 1. The minimum Gasteiger partial charge on any atom is -0.315 e. The summed E-state index contributed by atoms with van der Waals surface area (Å²) in [6, 6.07) is 2.50. The van der Waals surface area contributed by atoms with Crippen molar-refractivity contribution in [3.05, 3.63) is 34.9 Å². The van der Waals surface area contributed by atoms with E-state index in [4.69, 9.17) is 0 Å². The van der Waals surface area contributed by atoms with E-state index >= 15 is 0 Å². The van der Waals surface area contributed by atoms with Crippen LogP contribution in [0.3, 0.4) is 0 Å². The van der Waals surface area contributed by atoms with Crippen LogP contribution in [0, 0.1) is 0 Å². The van der Waals surface area contributed by atoms with Crippen molar-refractivity contribution in [2.45, 2.75) is 24.7 Å². The fraction of sp³-hybridized carbons (Fsp3) is 0.462. The average molecular weight is 311 g/mol. The lowest BCUT2D eigenvalue weighted by Crippen LogP contribution is -2.34. The highest BCUT2D eigenvalue weighted by Gasteiger charge is 2.44. The average Bonchev–Trinajstić information content (AvgIpc) is 2.56. The number of fused-ring (bicyclic) bond motifs is 1. The van der Waals surface area contributed by atoms with Crippen LogP contribution in [0.1, 0.15) is 22.6 Å². The summed E-state index contributed by atoms with van der Waals surface area (Å²) in [5.74, 6) is -3.46. The number of hydrogen-bond acceptors (Lipinski definition) is 2. The van der Waals surface area contributed by atoms with Crippen molar-refractivity contribution in [2.24, 2.45) is 0 Å². The summed E-state index contributed by atoms with van der Waals surface area (Å²) in [6.07, 6.45) is -9.45. The molecule has 1 atom stereocenters. The Morgan fingerprint density at radius 1 is 1.14 bits per heavy atom. The van der Waals surface area contributed by atoms with Gasteiger partial charge in [-0.2, -0.15) is 26.3 Å². The molecule has 0 fully saturated rings. The minimum absolute atomic E-state index is 0.00956. The molecule has 1 aliphatic rings. The third kappa shape index (κ3) is 3.37. The number of Topliss-reactive ketones (excluding diaryl/α,β-unsaturated/α-hetero) is 1. The van der Waals surface area contributed by atoms with Gasteiger partial charge in [0.05, 0.1) is 11.5 Å². The van der Waals surface area contributed by atoms with Gasteiger partial charge in [-0.05, 0) is 36.2 Å². The van der Waals surface area contributed by atoms with Crippen LogP contribution in [0.15, 0.2) is 18.2 Å². The van der Waals surface area contributed by atoms with Gasteiger partial charge in [0, 0.05) is 6.54 Å². The summed E-state index contributed by atoms with van der Waals surface area (Å²) in [7, 11) is 0. The second-order valence-electron chi connectivity index (χ2n) is 4.78. The SMILES string of the molecule is O=C(C1CNCCc2cc(C(F)(F)F)ccc21)C(F)(F)F. The Labute approximate surface area is 116 Å². The maximum Gasteiger partial charge on any atom is 0.450 e. The van der Waals surface area contributed by atoms with Crippen molar-refractivity contribution in [3.8, 4) is 0 Å². The highest BCUT2D eigenvalue weighted by Crippen LogP contribution is 2.35. The minimum atomic E-state index is -5.02. The summed E-state index contributed by atoms with van der Waals surface area (Å²) >= 11 is 0. The molecule has 1 aromatic rings. The highest BCUT2D eigenvalue weighted by molar-refractivity contribution is 5.91. The van der Waals surface area contributed by atoms with Crippen LogP contribution in [0.25, 0.3) is 0 Å². The van der Waals surface area contributed by atoms with Gasteiger partial charge in [-0.25, -0.2) is 0 Å². The van der Waals surface area contributed by atoms with Gasteiger partial charge in [-0.15, -0.1) is 0 Å². The van der Waals surface area contributed by atoms with Crippen LogP contribution < -0.4 is 5.32 Å². The van der Waals surface area contributed by atoms with Gasteiger partial charge in [0.25, 0.3) is 0 Å². The summed E-state index contributed by atoms with van der Waals surface area (Å²) in [4.78, 5) is 11.4. The Hall–Kier alpha value is -1.57. The van der Waals surface area contributed by atoms with Gasteiger partial charge in [0.2, 0.25) is 5.78 Å². The molecule has 1 N–H and O–H groups in total. The van der Waals surface area contributed by atoms with E-state index in [-0.39, 0.29) is 30.6 Å². The van der Waals surface area contributed by atoms with Crippen LogP contribution in [0.5, 0.6) is 0 Å². The second-order valence-corrected chi connectivity index (χ2v) is 4.78. The van der Waals surface area contributed by atoms with E-state index in [1.807, 2.05) is 0 Å². The monoisotopic (exact) mass is 311 g/mol. The molecule has 8 heteroatoms. The van der Waals surface area contributed by atoms with Gasteiger partial charge in [-0.3, -0.25) is 4.79 Å². The van der Waals surface area contributed by atoms with Crippen LogP contribution in [0.4, 0.5) is 26.3 Å². The number of hydrogen-bond donors (Lipinski definition) is 1. The van der Waals surface area contributed by atoms with Crippen LogP contribution >= 0.6 is 0 Å². The smallest absolute Gasteiger partial charge is 0.315 e. The molecule has 1 aliphatic heterocycles. The van der Waals surface area contributed by atoms with Crippen molar-refractivity contribution in [1.82, 2.24) is 5.32 Å². The Balaban J connectivity index is 2.45. The van der Waals surface area contributed by atoms with Gasteiger partial charge in [0.15, 0.2) is 0 Å². The van der Waals surface area contributed by atoms with Gasteiger partial charge in [0.1, 0.15) is 0 Å². The fourth-order valence-corrected chi connectivity index (χ4v) is 2.35. The third-order valence-electron chi connectivity index (χ3n) is 3.36. The van der Waals surface area contributed by atoms with E-state index in [1.54, 1.807) is 0 Å². The third-order valence-corrected chi connectivity index (χ3v) is 3.36. The first-order chi connectivity index (χ1) is 9.60. The summed E-state index contributed by atoms with van der Waals surface area (Å²) in [6.45, 7) is -0.0212. The predicted molar refractivity (Wildman–Crippen MR) is 61.8 cm³/mol. The van der Waals surface area contributed by atoms with Crippen molar-refractivity contribution >= 4 is 5.78 Å². The first-order valence-corrected chi connectivity index (χ1v) is 6.12. The van der Waals surface area contributed by atoms with Crippen molar-refractivity contribution in [1.29, 1.82) is 0 Å². The lowest BCUT2D eigenvalue weighted by Gasteiger charge is -2.19. The molecule has 1 unspecified atom stereocenters. The van der Waals surface area contributed by atoms with Crippen LogP contribution in [0.2, 0.25) is 0 Å². The highest BCUT2D eigenvalue weighted by atomic mass is 19.4. The molecule has 2 nitrogen and oxygen atoms in total. The van der Waals surface area contributed by atoms with Gasteiger partial charge in [-0.1, -0.05) is 6.07 Å². The second kappa shape index (κ2) is 5.32. The fourth-order valence-electron chi connectivity index (χ4n) is 2.35. The number of alkyl halides is 6. The largest absolute Gasteiger partial charge is 0.450 e. The lowest BCUT2D eigenvalue weighted by molar-refractivity contribution is -0.172. The number of carbonyl (C=O) groups excluding carboxylic acids is 1.